The van der Waals surface area contributed by atoms with Gasteiger partial charge >= 0.3 is 0 Å². The van der Waals surface area contributed by atoms with Crippen molar-refractivity contribution in [2.45, 2.75) is 24.4 Å². The van der Waals surface area contributed by atoms with E-state index in [-0.39, 0.29) is 5.57 Å². The predicted octanol–water partition coefficient (Wildman–Crippen LogP) is -3.78. The molecule has 1 rings (SSSR count). The second kappa shape index (κ2) is 4.91. The van der Waals surface area contributed by atoms with E-state index in [4.69, 9.17) is 5.11 Å². The molecule has 1 aliphatic carbocycles. The zero-order chi connectivity index (χ0) is 12.5. The molecule has 0 bridgehead atoms. The number of hydrogen-bond donors (Lipinski definition) is 4. The van der Waals surface area contributed by atoms with Gasteiger partial charge < -0.3 is 39.3 Å². The highest BCUT2D eigenvalue weighted by atomic mass is 31.2. The molecule has 4 N–H and O–H groups in total. The van der Waals surface area contributed by atoms with Crippen LogP contribution in [0.1, 0.15) is 0 Å². The van der Waals surface area contributed by atoms with E-state index in [0.29, 0.717) is 0 Å². The van der Waals surface area contributed by atoms with Crippen LogP contribution in [0.5, 0.6) is 0 Å². The second-order valence-corrected chi connectivity index (χ2v) is 4.45. The lowest BCUT2D eigenvalue weighted by Gasteiger charge is -2.39. The summed E-state index contributed by atoms with van der Waals surface area (Å²) < 4.78 is 14.3. The van der Waals surface area contributed by atoms with Crippen LogP contribution in [0.2, 0.25) is 0 Å². The highest BCUT2D eigenvalue weighted by Gasteiger charge is 2.37. The van der Waals surface area contributed by atoms with E-state index in [1.54, 1.807) is 0 Å². The number of phosphoric acid groups is 1. The van der Waals surface area contributed by atoms with Crippen LogP contribution in [0.25, 0.3) is 0 Å². The van der Waals surface area contributed by atoms with Gasteiger partial charge in [-0.05, 0) is 11.6 Å². The molecule has 1 aliphatic rings. The fourth-order valence-corrected chi connectivity index (χ4v) is 1.88. The van der Waals surface area contributed by atoms with Crippen LogP contribution in [0.3, 0.4) is 0 Å². The zero-order valence-electron chi connectivity index (χ0n) is 7.96. The molecule has 0 unspecified atom stereocenters. The van der Waals surface area contributed by atoms with Crippen molar-refractivity contribution in [2.24, 2.45) is 0 Å². The van der Waals surface area contributed by atoms with E-state index in [9.17, 15) is 29.7 Å². The molecule has 4 atom stereocenters. The van der Waals surface area contributed by atoms with Crippen LogP contribution in [0.4, 0.5) is 0 Å². The number of phosphoric ester groups is 1. The summed E-state index contributed by atoms with van der Waals surface area (Å²) in [6.45, 7) is -0.660. The summed E-state index contributed by atoms with van der Waals surface area (Å²) in [4.78, 5) is 20.7. The minimum absolute atomic E-state index is 0.128. The van der Waals surface area contributed by atoms with Crippen molar-refractivity contribution in [3.8, 4) is 0 Å². The average molecular weight is 254 g/mol. The maximum Gasteiger partial charge on any atom is 0.113 e. The van der Waals surface area contributed by atoms with Gasteiger partial charge in [-0.3, -0.25) is 0 Å². The van der Waals surface area contributed by atoms with E-state index in [1.807, 2.05) is 0 Å². The van der Waals surface area contributed by atoms with Gasteiger partial charge in [0.05, 0.1) is 14.4 Å². The Morgan fingerprint density at radius 3 is 2.31 bits per heavy atom. The fourth-order valence-electron chi connectivity index (χ4n) is 1.40. The average Bonchev–Trinajstić information content (AvgIpc) is 2.17. The molecular weight excluding hydrogens is 243 g/mol. The van der Waals surface area contributed by atoms with E-state index >= 15 is 0 Å². The van der Waals surface area contributed by atoms with Crippen molar-refractivity contribution in [2.75, 3.05) is 6.61 Å². The quantitative estimate of drug-likeness (QED) is 0.295. The Morgan fingerprint density at radius 1 is 1.31 bits per heavy atom. The first-order valence-corrected chi connectivity index (χ1v) is 5.78. The highest BCUT2D eigenvalue weighted by Crippen LogP contribution is 2.33. The third kappa shape index (κ3) is 3.09. The lowest BCUT2D eigenvalue weighted by atomic mass is 9.90. The molecule has 0 aromatic carbocycles. The SMILES string of the molecule is O=P([O-])([O-])O[C@H]1C=C(CO)[C@@H](O)[C@H](O)[C@H]1O. The van der Waals surface area contributed by atoms with Crippen LogP contribution < -0.4 is 9.79 Å². The minimum Gasteiger partial charge on any atom is -0.790 e. The largest absolute Gasteiger partial charge is 0.790 e. The van der Waals surface area contributed by atoms with E-state index in [0.717, 1.165) is 6.08 Å². The van der Waals surface area contributed by atoms with Gasteiger partial charge in [-0.1, -0.05) is 0 Å². The Labute approximate surface area is 90.7 Å². The van der Waals surface area contributed by atoms with Crippen molar-refractivity contribution in [1.82, 2.24) is 0 Å². The van der Waals surface area contributed by atoms with Crippen molar-refractivity contribution < 1.29 is 39.3 Å². The molecule has 0 fully saturated rings. The molecule has 0 radical (unpaired) electrons. The summed E-state index contributed by atoms with van der Waals surface area (Å²) in [6.07, 6.45) is -5.74. The Kier molecular flexibility index (Phi) is 4.22. The van der Waals surface area contributed by atoms with Gasteiger partial charge in [0.15, 0.2) is 0 Å². The first kappa shape index (κ1) is 13.8. The fraction of sp³-hybridized carbons (Fsp3) is 0.714. The molecule has 16 heavy (non-hydrogen) atoms. The highest BCUT2D eigenvalue weighted by molar-refractivity contribution is 7.43. The smallest absolute Gasteiger partial charge is 0.113 e. The van der Waals surface area contributed by atoms with Gasteiger partial charge in [-0.15, -0.1) is 0 Å². The number of aliphatic hydroxyl groups is 4. The molecule has 9 heteroatoms. The molecule has 0 amide bonds. The summed E-state index contributed by atoms with van der Waals surface area (Å²) in [7, 11) is -5.33. The summed E-state index contributed by atoms with van der Waals surface area (Å²) >= 11 is 0. The van der Waals surface area contributed by atoms with Crippen molar-refractivity contribution in [1.29, 1.82) is 0 Å². The van der Waals surface area contributed by atoms with Crippen molar-refractivity contribution in [3.05, 3.63) is 11.6 Å². The van der Waals surface area contributed by atoms with Crippen LogP contribution in [0.15, 0.2) is 11.6 Å². The Morgan fingerprint density at radius 2 is 1.88 bits per heavy atom. The Balaban J connectivity index is 2.92. The molecule has 0 aromatic rings. The summed E-state index contributed by atoms with van der Waals surface area (Å²) in [5.74, 6) is 0. The standard InChI is InChI=1S/C7H13O8P/c8-2-3-1-4(15-16(12,13)14)6(10)7(11)5(3)9/h1,4-11H,2H2,(H2,12,13,14)/p-2/t4-,5+,6-,7-/m0/s1. The Hall–Kier alpha value is -0.310. The molecule has 94 valence electrons. The van der Waals surface area contributed by atoms with E-state index in [1.165, 1.54) is 0 Å². The van der Waals surface area contributed by atoms with Gasteiger partial charge in [-0.2, -0.15) is 0 Å². The first-order chi connectivity index (χ1) is 7.26. The van der Waals surface area contributed by atoms with Crippen LogP contribution in [0, 0.1) is 0 Å². The number of aliphatic hydroxyl groups excluding tert-OH is 4. The summed E-state index contributed by atoms with van der Waals surface area (Å²) in [5.41, 5.74) is -0.128. The lowest BCUT2D eigenvalue weighted by Crippen LogP contribution is -2.50. The molecule has 0 aromatic heterocycles. The lowest BCUT2D eigenvalue weighted by molar-refractivity contribution is -0.346. The number of hydrogen-bond acceptors (Lipinski definition) is 8. The van der Waals surface area contributed by atoms with Crippen LogP contribution in [-0.2, 0) is 9.09 Å². The van der Waals surface area contributed by atoms with Crippen molar-refractivity contribution >= 4 is 7.82 Å². The monoisotopic (exact) mass is 254 g/mol. The molecule has 0 heterocycles. The molecule has 0 saturated heterocycles. The van der Waals surface area contributed by atoms with Gasteiger partial charge in [0.25, 0.3) is 0 Å². The molecule has 0 aliphatic heterocycles. The van der Waals surface area contributed by atoms with Gasteiger partial charge in [-0.25, -0.2) is 0 Å². The normalized spacial score (nSPS) is 36.0. The summed E-state index contributed by atoms with van der Waals surface area (Å²) in [5, 5.41) is 36.7. The maximum atomic E-state index is 10.3. The molecule has 0 saturated carbocycles. The van der Waals surface area contributed by atoms with Crippen LogP contribution in [-0.4, -0.2) is 51.4 Å². The molecule has 0 spiro atoms. The Bertz CT molecular complexity index is 322. The van der Waals surface area contributed by atoms with E-state index < -0.39 is 38.8 Å². The van der Waals surface area contributed by atoms with Crippen LogP contribution >= 0.6 is 7.82 Å². The second-order valence-electron chi connectivity index (χ2n) is 3.34. The first-order valence-electron chi connectivity index (χ1n) is 4.32. The third-order valence-corrected chi connectivity index (χ3v) is 2.70. The molecule has 8 nitrogen and oxygen atoms in total. The van der Waals surface area contributed by atoms with Gasteiger partial charge in [0, 0.05) is 0 Å². The minimum atomic E-state index is -5.33. The van der Waals surface area contributed by atoms with Crippen molar-refractivity contribution in [3.63, 3.8) is 0 Å². The summed E-state index contributed by atoms with van der Waals surface area (Å²) in [6, 6.07) is 0. The maximum absolute atomic E-state index is 10.3. The van der Waals surface area contributed by atoms with E-state index in [2.05, 4.69) is 4.52 Å². The van der Waals surface area contributed by atoms with Gasteiger partial charge in [0.2, 0.25) is 0 Å². The van der Waals surface area contributed by atoms with Gasteiger partial charge in [0.1, 0.15) is 24.4 Å². The zero-order valence-corrected chi connectivity index (χ0v) is 8.86. The predicted molar refractivity (Wildman–Crippen MR) is 45.7 cm³/mol. The molecular formula is C7H11O8P-2. The number of rotatable bonds is 3. The topological polar surface area (TPSA) is 153 Å². The third-order valence-electron chi connectivity index (χ3n) is 2.20.